The van der Waals surface area contributed by atoms with Gasteiger partial charge in [-0.25, -0.2) is 4.68 Å². The number of hydrogen-bond acceptors (Lipinski definition) is 4. The molecule has 0 spiro atoms. The van der Waals surface area contributed by atoms with Gasteiger partial charge in [-0.15, -0.1) is 5.10 Å². The third kappa shape index (κ3) is 4.23. The van der Waals surface area contributed by atoms with Gasteiger partial charge in [0, 0.05) is 6.42 Å². The Bertz CT molecular complexity index is 722. The number of aromatic nitrogens is 4. The van der Waals surface area contributed by atoms with Crippen LogP contribution in [0.5, 0.6) is 0 Å². The van der Waals surface area contributed by atoms with Gasteiger partial charge in [-0.1, -0.05) is 54.6 Å². The van der Waals surface area contributed by atoms with Crippen molar-refractivity contribution in [2.24, 2.45) is 0 Å². The van der Waals surface area contributed by atoms with Crippen molar-refractivity contribution in [1.82, 2.24) is 20.2 Å². The average molecular weight is 308 g/mol. The highest BCUT2D eigenvalue weighted by Gasteiger charge is 2.07. The van der Waals surface area contributed by atoms with Gasteiger partial charge in [-0.2, -0.15) is 0 Å². The predicted molar refractivity (Wildman–Crippen MR) is 87.8 cm³/mol. The summed E-state index contributed by atoms with van der Waals surface area (Å²) in [6, 6.07) is 18.3. The fourth-order valence-electron chi connectivity index (χ4n) is 2.54. The van der Waals surface area contributed by atoms with E-state index in [9.17, 15) is 0 Å². The minimum Gasteiger partial charge on any atom is -0.392 e. The Balaban J connectivity index is 1.58. The van der Waals surface area contributed by atoms with Crippen LogP contribution in [0.25, 0.3) is 0 Å². The molecule has 0 atom stereocenters. The monoisotopic (exact) mass is 308 g/mol. The second-order valence-corrected chi connectivity index (χ2v) is 5.57. The Labute approximate surface area is 135 Å². The SMILES string of the molecule is OCc1ccc(Cn2nnnc2CCCc2ccccc2)cc1. The van der Waals surface area contributed by atoms with Gasteiger partial charge in [0.25, 0.3) is 0 Å². The first-order valence-corrected chi connectivity index (χ1v) is 7.83. The molecule has 3 aromatic rings. The highest BCUT2D eigenvalue weighted by Crippen LogP contribution is 2.09. The second-order valence-electron chi connectivity index (χ2n) is 5.57. The predicted octanol–water partition coefficient (Wildman–Crippen LogP) is 2.39. The van der Waals surface area contributed by atoms with Crippen molar-refractivity contribution in [2.45, 2.75) is 32.4 Å². The number of hydrogen-bond donors (Lipinski definition) is 1. The van der Waals surface area contributed by atoms with E-state index in [1.807, 2.05) is 35.0 Å². The highest BCUT2D eigenvalue weighted by molar-refractivity contribution is 5.22. The molecule has 2 aromatic carbocycles. The van der Waals surface area contributed by atoms with Crippen LogP contribution >= 0.6 is 0 Å². The van der Waals surface area contributed by atoms with Crippen LogP contribution in [0, 0.1) is 0 Å². The van der Waals surface area contributed by atoms with Crippen molar-refractivity contribution in [3.05, 3.63) is 77.1 Å². The van der Waals surface area contributed by atoms with Crippen molar-refractivity contribution in [3.8, 4) is 0 Å². The number of aryl methyl sites for hydroxylation is 2. The van der Waals surface area contributed by atoms with Gasteiger partial charge in [-0.3, -0.25) is 0 Å². The molecule has 3 rings (SSSR count). The summed E-state index contributed by atoms with van der Waals surface area (Å²) in [7, 11) is 0. The van der Waals surface area contributed by atoms with Crippen LogP contribution in [0.2, 0.25) is 0 Å². The summed E-state index contributed by atoms with van der Waals surface area (Å²) in [6.07, 6.45) is 2.91. The van der Waals surface area contributed by atoms with Gasteiger partial charge in [0.15, 0.2) is 5.82 Å². The molecule has 0 aliphatic rings. The van der Waals surface area contributed by atoms with Crippen LogP contribution in [0.15, 0.2) is 54.6 Å². The molecule has 0 radical (unpaired) electrons. The smallest absolute Gasteiger partial charge is 0.151 e. The van der Waals surface area contributed by atoms with Crippen molar-refractivity contribution >= 4 is 0 Å². The first kappa shape index (κ1) is 15.4. The molecule has 118 valence electrons. The van der Waals surface area contributed by atoms with Crippen LogP contribution < -0.4 is 0 Å². The van der Waals surface area contributed by atoms with Crippen molar-refractivity contribution < 1.29 is 5.11 Å². The normalized spacial score (nSPS) is 10.8. The molecule has 0 aliphatic carbocycles. The van der Waals surface area contributed by atoms with E-state index in [0.717, 1.165) is 36.2 Å². The van der Waals surface area contributed by atoms with Crippen molar-refractivity contribution in [2.75, 3.05) is 0 Å². The molecule has 1 aromatic heterocycles. The first-order valence-electron chi connectivity index (χ1n) is 7.83. The van der Waals surface area contributed by atoms with E-state index in [1.165, 1.54) is 5.56 Å². The van der Waals surface area contributed by atoms with E-state index in [1.54, 1.807) is 0 Å². The third-order valence-electron chi connectivity index (χ3n) is 3.85. The Morgan fingerprint density at radius 2 is 1.57 bits per heavy atom. The van der Waals surface area contributed by atoms with Gasteiger partial charge in [-0.05, 0) is 40.0 Å². The van der Waals surface area contributed by atoms with E-state index in [0.29, 0.717) is 6.54 Å². The summed E-state index contributed by atoms with van der Waals surface area (Å²) in [5.41, 5.74) is 3.37. The van der Waals surface area contributed by atoms with E-state index in [2.05, 4.69) is 39.8 Å². The Kier molecular flexibility index (Phi) is 5.11. The molecule has 23 heavy (non-hydrogen) atoms. The maximum atomic E-state index is 9.08. The number of tetrazole rings is 1. The van der Waals surface area contributed by atoms with Crippen LogP contribution in [0.3, 0.4) is 0 Å². The molecule has 0 bridgehead atoms. The summed E-state index contributed by atoms with van der Waals surface area (Å²) in [6.45, 7) is 0.718. The molecule has 5 heteroatoms. The lowest BCUT2D eigenvalue weighted by Crippen LogP contribution is -2.07. The average Bonchev–Trinajstić information content (AvgIpc) is 3.04. The van der Waals surface area contributed by atoms with E-state index in [-0.39, 0.29) is 6.61 Å². The van der Waals surface area contributed by atoms with Gasteiger partial charge in [0.2, 0.25) is 0 Å². The van der Waals surface area contributed by atoms with Crippen molar-refractivity contribution in [1.29, 1.82) is 0 Å². The summed E-state index contributed by atoms with van der Waals surface area (Å²) < 4.78 is 1.85. The maximum Gasteiger partial charge on any atom is 0.151 e. The van der Waals surface area contributed by atoms with E-state index >= 15 is 0 Å². The minimum atomic E-state index is 0.0654. The van der Waals surface area contributed by atoms with E-state index in [4.69, 9.17) is 5.11 Å². The molecular weight excluding hydrogens is 288 g/mol. The number of rotatable bonds is 7. The Hall–Kier alpha value is -2.53. The number of aliphatic hydroxyl groups excluding tert-OH is 1. The lowest BCUT2D eigenvalue weighted by molar-refractivity contribution is 0.282. The van der Waals surface area contributed by atoms with Gasteiger partial charge in [0.1, 0.15) is 0 Å². The lowest BCUT2D eigenvalue weighted by Gasteiger charge is -2.06. The highest BCUT2D eigenvalue weighted by atomic mass is 16.3. The standard InChI is InChI=1S/C18H20N4O/c23-14-17-11-9-16(10-12-17)13-22-18(19-20-21-22)8-4-7-15-5-2-1-3-6-15/h1-3,5-6,9-12,23H,4,7-8,13-14H2. The quantitative estimate of drug-likeness (QED) is 0.728. The van der Waals surface area contributed by atoms with Gasteiger partial charge in [0.05, 0.1) is 13.2 Å². The van der Waals surface area contributed by atoms with Gasteiger partial charge >= 0.3 is 0 Å². The molecule has 1 heterocycles. The molecule has 0 amide bonds. The molecule has 5 nitrogen and oxygen atoms in total. The summed E-state index contributed by atoms with van der Waals surface area (Å²) >= 11 is 0. The summed E-state index contributed by atoms with van der Waals surface area (Å²) in [5.74, 6) is 0.909. The van der Waals surface area contributed by atoms with Crippen LogP contribution in [0.1, 0.15) is 28.9 Å². The zero-order valence-corrected chi connectivity index (χ0v) is 13.0. The van der Waals surface area contributed by atoms with Crippen LogP contribution in [-0.2, 0) is 26.0 Å². The zero-order valence-electron chi connectivity index (χ0n) is 13.0. The Morgan fingerprint density at radius 1 is 0.826 bits per heavy atom. The molecule has 0 unspecified atom stereocenters. The summed E-state index contributed by atoms with van der Waals surface area (Å²) in [4.78, 5) is 0. The van der Waals surface area contributed by atoms with Crippen molar-refractivity contribution in [3.63, 3.8) is 0 Å². The van der Waals surface area contributed by atoms with E-state index < -0.39 is 0 Å². The van der Waals surface area contributed by atoms with Gasteiger partial charge < -0.3 is 5.11 Å². The van der Waals surface area contributed by atoms with Crippen LogP contribution in [-0.4, -0.2) is 25.3 Å². The fraction of sp³-hybridized carbons (Fsp3) is 0.278. The molecule has 0 aliphatic heterocycles. The molecule has 0 saturated carbocycles. The lowest BCUT2D eigenvalue weighted by atomic mass is 10.1. The Morgan fingerprint density at radius 3 is 2.30 bits per heavy atom. The molecule has 0 fully saturated rings. The first-order chi connectivity index (χ1) is 11.3. The maximum absolute atomic E-state index is 9.08. The zero-order chi connectivity index (χ0) is 15.9. The molecular formula is C18H20N4O. The topological polar surface area (TPSA) is 63.8 Å². The number of nitrogens with zero attached hydrogens (tertiary/aromatic N) is 4. The number of aliphatic hydroxyl groups is 1. The molecule has 0 saturated heterocycles. The summed E-state index contributed by atoms with van der Waals surface area (Å²) in [5, 5.41) is 21.1. The number of benzene rings is 2. The van der Waals surface area contributed by atoms with Crippen LogP contribution in [0.4, 0.5) is 0 Å². The molecule has 1 N–H and O–H groups in total. The second kappa shape index (κ2) is 7.65. The minimum absolute atomic E-state index is 0.0654. The third-order valence-corrected chi connectivity index (χ3v) is 3.85. The largest absolute Gasteiger partial charge is 0.392 e. The fourth-order valence-corrected chi connectivity index (χ4v) is 2.54.